The summed E-state index contributed by atoms with van der Waals surface area (Å²) in [5, 5.41) is 0. The molecule has 0 fully saturated rings. The lowest BCUT2D eigenvalue weighted by molar-refractivity contribution is 0.482. The summed E-state index contributed by atoms with van der Waals surface area (Å²) < 4.78 is 11.3. The summed E-state index contributed by atoms with van der Waals surface area (Å²) in [7, 11) is 0. The number of benzene rings is 3. The largest absolute Gasteiger partial charge is 0.457 e. The van der Waals surface area contributed by atoms with Gasteiger partial charge in [0.05, 0.1) is 0 Å². The number of nitrogens with zero attached hydrogens (tertiary/aromatic N) is 1. The molecule has 0 aliphatic heterocycles. The van der Waals surface area contributed by atoms with Crippen LogP contribution in [0.1, 0.15) is 11.5 Å². The average molecular weight is 311 g/mol. The van der Waals surface area contributed by atoms with E-state index in [1.807, 2.05) is 78.9 Å². The van der Waals surface area contributed by atoms with Gasteiger partial charge in [-0.1, -0.05) is 36.3 Å². The molecule has 3 heteroatoms. The van der Waals surface area contributed by atoms with E-state index >= 15 is 0 Å². The Balaban J connectivity index is 1.51. The minimum atomic E-state index is 0.417. The predicted molar refractivity (Wildman–Crippen MR) is 92.9 cm³/mol. The highest BCUT2D eigenvalue weighted by molar-refractivity contribution is 5.72. The van der Waals surface area contributed by atoms with E-state index in [1.165, 1.54) is 0 Å². The molecular formula is C21H13NO2. The number of hydrogen-bond donors (Lipinski definition) is 0. The van der Waals surface area contributed by atoms with E-state index in [0.717, 1.165) is 28.2 Å². The van der Waals surface area contributed by atoms with Gasteiger partial charge in [-0.2, -0.15) is 0 Å². The summed E-state index contributed by atoms with van der Waals surface area (Å²) >= 11 is 0. The van der Waals surface area contributed by atoms with Crippen molar-refractivity contribution in [3.05, 3.63) is 90.3 Å². The number of rotatable bonds is 2. The minimum absolute atomic E-state index is 0.417. The molecule has 3 aromatic carbocycles. The molecule has 0 N–H and O–H groups in total. The Bertz CT molecular complexity index is 989. The third-order valence-corrected chi connectivity index (χ3v) is 3.44. The van der Waals surface area contributed by atoms with Crippen molar-refractivity contribution in [1.82, 2.24) is 4.98 Å². The highest BCUT2D eigenvalue weighted by atomic mass is 16.5. The van der Waals surface area contributed by atoms with Gasteiger partial charge in [0.1, 0.15) is 17.0 Å². The zero-order valence-corrected chi connectivity index (χ0v) is 12.8. The zero-order valence-electron chi connectivity index (χ0n) is 12.8. The third kappa shape index (κ3) is 3.13. The molecule has 0 aliphatic carbocycles. The van der Waals surface area contributed by atoms with Crippen LogP contribution in [0.15, 0.2) is 83.3 Å². The lowest BCUT2D eigenvalue weighted by Crippen LogP contribution is -1.83. The van der Waals surface area contributed by atoms with Gasteiger partial charge in [0.25, 0.3) is 5.89 Å². The summed E-state index contributed by atoms with van der Waals surface area (Å²) in [5.41, 5.74) is 2.43. The summed E-state index contributed by atoms with van der Waals surface area (Å²) in [4.78, 5) is 4.34. The molecule has 0 saturated carbocycles. The van der Waals surface area contributed by atoms with E-state index < -0.39 is 0 Å². The van der Waals surface area contributed by atoms with Gasteiger partial charge in [-0.3, -0.25) is 0 Å². The lowest BCUT2D eigenvalue weighted by atomic mass is 10.2. The molecule has 0 radical (unpaired) electrons. The standard InChI is InChI=1S/C21H13NO2/c1-2-6-17(7-3-1)23-18-13-10-16(11-14-18)12-15-21-22-19-8-4-5-9-20(19)24-21/h1-11,13-14H. The summed E-state index contributed by atoms with van der Waals surface area (Å²) in [5.74, 6) is 8.00. The van der Waals surface area contributed by atoms with Crippen molar-refractivity contribution in [3.8, 4) is 23.3 Å². The molecular weight excluding hydrogens is 298 g/mol. The Morgan fingerprint density at radius 3 is 2.21 bits per heavy atom. The second-order valence-electron chi connectivity index (χ2n) is 5.18. The Morgan fingerprint density at radius 1 is 0.708 bits per heavy atom. The van der Waals surface area contributed by atoms with Crippen LogP contribution >= 0.6 is 0 Å². The fourth-order valence-electron chi connectivity index (χ4n) is 2.28. The average Bonchev–Trinajstić information content (AvgIpc) is 3.05. The number of fused-ring (bicyclic) bond motifs is 1. The Labute approximate surface area is 139 Å². The molecule has 0 unspecified atom stereocenters. The van der Waals surface area contributed by atoms with Crippen LogP contribution in [-0.4, -0.2) is 4.98 Å². The lowest BCUT2D eigenvalue weighted by Gasteiger charge is -2.04. The molecule has 4 rings (SSSR count). The Morgan fingerprint density at radius 2 is 1.42 bits per heavy atom. The van der Waals surface area contributed by atoms with Crippen LogP contribution in [0.4, 0.5) is 0 Å². The maximum Gasteiger partial charge on any atom is 0.274 e. The van der Waals surface area contributed by atoms with Gasteiger partial charge in [0, 0.05) is 5.56 Å². The quantitative estimate of drug-likeness (QED) is 0.488. The highest BCUT2D eigenvalue weighted by Gasteiger charge is 2.01. The molecule has 0 saturated heterocycles. The molecule has 24 heavy (non-hydrogen) atoms. The number of ether oxygens (including phenoxy) is 1. The Hall–Kier alpha value is -3.51. The fourth-order valence-corrected chi connectivity index (χ4v) is 2.28. The van der Waals surface area contributed by atoms with Crippen LogP contribution in [0.2, 0.25) is 0 Å². The number of para-hydroxylation sites is 3. The van der Waals surface area contributed by atoms with Crippen molar-refractivity contribution in [2.45, 2.75) is 0 Å². The van der Waals surface area contributed by atoms with E-state index in [9.17, 15) is 0 Å². The second kappa shape index (κ2) is 6.31. The first kappa shape index (κ1) is 14.1. The number of hydrogen-bond acceptors (Lipinski definition) is 3. The van der Waals surface area contributed by atoms with Gasteiger partial charge in [-0.15, -0.1) is 0 Å². The second-order valence-corrected chi connectivity index (χ2v) is 5.18. The molecule has 0 atom stereocenters. The smallest absolute Gasteiger partial charge is 0.274 e. The van der Waals surface area contributed by atoms with Crippen LogP contribution in [0.25, 0.3) is 11.1 Å². The monoisotopic (exact) mass is 311 g/mol. The molecule has 0 spiro atoms. The molecule has 4 aromatic rings. The molecule has 0 amide bonds. The number of oxazole rings is 1. The van der Waals surface area contributed by atoms with E-state index in [1.54, 1.807) is 0 Å². The van der Waals surface area contributed by atoms with E-state index in [-0.39, 0.29) is 0 Å². The van der Waals surface area contributed by atoms with Gasteiger partial charge < -0.3 is 9.15 Å². The first-order valence-electron chi connectivity index (χ1n) is 7.57. The van der Waals surface area contributed by atoms with Crippen LogP contribution in [0.5, 0.6) is 11.5 Å². The van der Waals surface area contributed by atoms with Gasteiger partial charge in [0.15, 0.2) is 5.58 Å². The van der Waals surface area contributed by atoms with Crippen LogP contribution in [0.3, 0.4) is 0 Å². The summed E-state index contributed by atoms with van der Waals surface area (Å²) in [6.07, 6.45) is 0. The first-order chi connectivity index (χ1) is 11.9. The van der Waals surface area contributed by atoms with Gasteiger partial charge in [-0.25, -0.2) is 4.98 Å². The first-order valence-corrected chi connectivity index (χ1v) is 7.57. The van der Waals surface area contributed by atoms with Crippen molar-refractivity contribution >= 4 is 11.1 Å². The summed E-state index contributed by atoms with van der Waals surface area (Å²) in [6.45, 7) is 0. The van der Waals surface area contributed by atoms with E-state index in [4.69, 9.17) is 9.15 Å². The SMILES string of the molecule is C(#Cc1nc2ccccc2o1)c1ccc(Oc2ccccc2)cc1. The Kier molecular flexibility index (Phi) is 3.71. The van der Waals surface area contributed by atoms with Gasteiger partial charge in [0.2, 0.25) is 0 Å². The van der Waals surface area contributed by atoms with E-state index in [2.05, 4.69) is 16.8 Å². The van der Waals surface area contributed by atoms with Gasteiger partial charge >= 0.3 is 0 Å². The normalized spacial score (nSPS) is 10.2. The van der Waals surface area contributed by atoms with Crippen molar-refractivity contribution < 1.29 is 9.15 Å². The maximum absolute atomic E-state index is 5.76. The van der Waals surface area contributed by atoms with Crippen LogP contribution in [-0.2, 0) is 0 Å². The molecule has 0 aliphatic rings. The van der Waals surface area contributed by atoms with Gasteiger partial charge in [-0.05, 0) is 54.5 Å². The van der Waals surface area contributed by atoms with Crippen LogP contribution in [0, 0.1) is 11.8 Å². The molecule has 1 heterocycles. The number of aromatic nitrogens is 1. The highest BCUT2D eigenvalue weighted by Crippen LogP contribution is 2.21. The minimum Gasteiger partial charge on any atom is -0.457 e. The molecule has 114 valence electrons. The van der Waals surface area contributed by atoms with E-state index in [0.29, 0.717) is 5.89 Å². The summed E-state index contributed by atoms with van der Waals surface area (Å²) in [6, 6.07) is 24.9. The molecule has 3 nitrogen and oxygen atoms in total. The molecule has 0 bridgehead atoms. The van der Waals surface area contributed by atoms with Crippen molar-refractivity contribution in [2.24, 2.45) is 0 Å². The fraction of sp³-hybridized carbons (Fsp3) is 0. The van der Waals surface area contributed by atoms with Crippen molar-refractivity contribution in [1.29, 1.82) is 0 Å². The topological polar surface area (TPSA) is 35.3 Å². The van der Waals surface area contributed by atoms with Crippen molar-refractivity contribution in [3.63, 3.8) is 0 Å². The predicted octanol–water partition coefficient (Wildman–Crippen LogP) is 5.02. The third-order valence-electron chi connectivity index (χ3n) is 3.44. The van der Waals surface area contributed by atoms with Crippen molar-refractivity contribution in [2.75, 3.05) is 0 Å². The zero-order chi connectivity index (χ0) is 16.2. The molecule has 1 aromatic heterocycles. The van der Waals surface area contributed by atoms with Crippen LogP contribution < -0.4 is 4.74 Å². The maximum atomic E-state index is 5.76.